The summed E-state index contributed by atoms with van der Waals surface area (Å²) in [5.74, 6) is 0.664. The molecule has 0 radical (unpaired) electrons. The van der Waals surface area contributed by atoms with Crippen LogP contribution in [-0.2, 0) is 6.42 Å². The van der Waals surface area contributed by atoms with Gasteiger partial charge in [0.2, 0.25) is 5.65 Å². The molecule has 1 atom stereocenters. The van der Waals surface area contributed by atoms with Crippen LogP contribution in [0.4, 0.5) is 5.69 Å². The van der Waals surface area contributed by atoms with Crippen LogP contribution in [0.5, 0.6) is 0 Å². The van der Waals surface area contributed by atoms with Crippen molar-refractivity contribution in [2.45, 2.75) is 25.7 Å². The summed E-state index contributed by atoms with van der Waals surface area (Å²) in [7, 11) is 0. The Hall–Kier alpha value is -2.47. The number of anilines is 1. The van der Waals surface area contributed by atoms with Crippen molar-refractivity contribution < 1.29 is 0 Å². The molecule has 0 aliphatic carbocycles. The highest BCUT2D eigenvalue weighted by atomic mass is 15.3. The molecule has 1 saturated heterocycles. The van der Waals surface area contributed by atoms with Gasteiger partial charge in [-0.25, -0.2) is 0 Å². The molecule has 6 nitrogen and oxygen atoms in total. The van der Waals surface area contributed by atoms with Crippen molar-refractivity contribution in [2.75, 3.05) is 31.5 Å². The highest BCUT2D eigenvalue weighted by molar-refractivity contribution is 5.66. The minimum Gasteiger partial charge on any atom is -0.381 e. The Kier molecular flexibility index (Phi) is 4.61. The Balaban J connectivity index is 1.35. The van der Waals surface area contributed by atoms with Crippen molar-refractivity contribution in [1.29, 1.82) is 0 Å². The van der Waals surface area contributed by atoms with Crippen LogP contribution in [0.2, 0.25) is 0 Å². The molecule has 1 aliphatic rings. The van der Waals surface area contributed by atoms with E-state index in [1.54, 1.807) is 10.8 Å². The van der Waals surface area contributed by atoms with Crippen molar-refractivity contribution in [2.24, 2.45) is 0 Å². The zero-order valence-electron chi connectivity index (χ0n) is 14.6. The van der Waals surface area contributed by atoms with Gasteiger partial charge in [0.05, 0.1) is 11.4 Å². The summed E-state index contributed by atoms with van der Waals surface area (Å²) in [6, 6.07) is 12.9. The van der Waals surface area contributed by atoms with Gasteiger partial charge in [-0.15, -0.1) is 10.2 Å². The Morgan fingerprint density at radius 1 is 1.24 bits per heavy atom. The fraction of sp³-hybridized carbons (Fsp3) is 0.421. The Morgan fingerprint density at radius 3 is 2.96 bits per heavy atom. The van der Waals surface area contributed by atoms with E-state index < -0.39 is 0 Å². The first-order valence-electron chi connectivity index (χ1n) is 9.04. The summed E-state index contributed by atoms with van der Waals surface area (Å²) >= 11 is 0. The van der Waals surface area contributed by atoms with E-state index in [1.807, 2.05) is 0 Å². The average Bonchev–Trinajstić information content (AvgIpc) is 3.31. The van der Waals surface area contributed by atoms with Crippen molar-refractivity contribution in [3.05, 3.63) is 54.0 Å². The molecule has 130 valence electrons. The van der Waals surface area contributed by atoms with Gasteiger partial charge < -0.3 is 10.2 Å². The van der Waals surface area contributed by atoms with Crippen LogP contribution in [0.15, 0.2) is 42.7 Å². The number of aromatic nitrogens is 4. The molecule has 3 heterocycles. The first kappa shape index (κ1) is 16.0. The predicted octanol–water partition coefficient (Wildman–Crippen LogP) is 2.59. The molecule has 1 unspecified atom stereocenters. The molecule has 4 rings (SSSR count). The zero-order valence-corrected chi connectivity index (χ0v) is 14.6. The molecule has 1 N–H and O–H groups in total. The van der Waals surface area contributed by atoms with E-state index in [1.165, 1.54) is 12.0 Å². The molecular weight excluding hydrogens is 312 g/mol. The molecule has 0 bridgehead atoms. The first-order valence-corrected chi connectivity index (χ1v) is 9.04. The second-order valence-corrected chi connectivity index (χ2v) is 6.63. The largest absolute Gasteiger partial charge is 0.381 e. The average molecular weight is 336 g/mol. The summed E-state index contributed by atoms with van der Waals surface area (Å²) in [6.45, 7) is 6.35. The number of likely N-dealkylation sites (tertiary alicyclic amines) is 1. The van der Waals surface area contributed by atoms with Gasteiger partial charge in [-0.3, -0.25) is 0 Å². The SMILES string of the molecule is CCc1cc(NCCN2CCC(c3ccccc3)C2)c2nncn2n1. The smallest absolute Gasteiger partial charge is 0.200 e. The third kappa shape index (κ3) is 3.49. The van der Waals surface area contributed by atoms with Gasteiger partial charge in [0.15, 0.2) is 0 Å². The molecule has 1 aliphatic heterocycles. The quantitative estimate of drug-likeness (QED) is 0.750. The number of benzene rings is 1. The van der Waals surface area contributed by atoms with Gasteiger partial charge in [-0.2, -0.15) is 9.61 Å². The van der Waals surface area contributed by atoms with Crippen LogP contribution in [-0.4, -0.2) is 50.9 Å². The van der Waals surface area contributed by atoms with Crippen LogP contribution >= 0.6 is 0 Å². The molecule has 0 saturated carbocycles. The molecule has 0 spiro atoms. The molecule has 1 fully saturated rings. The highest BCUT2D eigenvalue weighted by Crippen LogP contribution is 2.26. The minimum absolute atomic E-state index is 0.664. The molecule has 6 heteroatoms. The van der Waals surface area contributed by atoms with E-state index in [2.05, 4.69) is 68.8 Å². The lowest BCUT2D eigenvalue weighted by Crippen LogP contribution is -2.27. The molecule has 25 heavy (non-hydrogen) atoms. The third-order valence-corrected chi connectivity index (χ3v) is 4.97. The standard InChI is InChI=1S/C19H24N6/c1-2-17-12-18(19-22-21-14-25(19)23-17)20-9-11-24-10-8-16(13-24)15-6-4-3-5-7-15/h3-7,12,14,16,20H,2,8-11,13H2,1H3. The Bertz CT molecular complexity index is 828. The van der Waals surface area contributed by atoms with E-state index in [-0.39, 0.29) is 0 Å². The van der Waals surface area contributed by atoms with E-state index in [9.17, 15) is 0 Å². The zero-order chi connectivity index (χ0) is 17.1. The fourth-order valence-corrected chi connectivity index (χ4v) is 3.56. The lowest BCUT2D eigenvalue weighted by molar-refractivity contribution is 0.348. The Labute approximate surface area is 147 Å². The molecular formula is C19H24N6. The van der Waals surface area contributed by atoms with Gasteiger partial charge in [-0.1, -0.05) is 37.3 Å². The van der Waals surface area contributed by atoms with E-state index in [4.69, 9.17) is 0 Å². The summed E-state index contributed by atoms with van der Waals surface area (Å²) < 4.78 is 1.75. The number of aryl methyl sites for hydroxylation is 1. The van der Waals surface area contributed by atoms with Crippen molar-refractivity contribution in [3.63, 3.8) is 0 Å². The number of hydrogen-bond acceptors (Lipinski definition) is 5. The normalized spacial score (nSPS) is 18.0. The van der Waals surface area contributed by atoms with E-state index >= 15 is 0 Å². The second-order valence-electron chi connectivity index (χ2n) is 6.63. The van der Waals surface area contributed by atoms with Gasteiger partial charge in [0, 0.05) is 19.6 Å². The number of fused-ring (bicyclic) bond motifs is 1. The first-order chi connectivity index (χ1) is 12.3. The number of hydrogen-bond donors (Lipinski definition) is 1. The maximum atomic E-state index is 4.48. The maximum Gasteiger partial charge on any atom is 0.200 e. The van der Waals surface area contributed by atoms with Crippen LogP contribution in [0.1, 0.15) is 30.5 Å². The predicted molar refractivity (Wildman–Crippen MR) is 98.9 cm³/mol. The fourth-order valence-electron chi connectivity index (χ4n) is 3.56. The lowest BCUT2D eigenvalue weighted by Gasteiger charge is -2.17. The number of rotatable bonds is 6. The van der Waals surface area contributed by atoms with E-state index in [0.717, 1.165) is 49.6 Å². The summed E-state index contributed by atoms with van der Waals surface area (Å²) in [5.41, 5.74) is 4.31. The van der Waals surface area contributed by atoms with Crippen molar-refractivity contribution in [3.8, 4) is 0 Å². The molecule has 1 aromatic carbocycles. The van der Waals surface area contributed by atoms with Gasteiger partial charge in [0.25, 0.3) is 0 Å². The monoisotopic (exact) mass is 336 g/mol. The highest BCUT2D eigenvalue weighted by Gasteiger charge is 2.23. The summed E-state index contributed by atoms with van der Waals surface area (Å²) in [6.07, 6.45) is 3.80. The Morgan fingerprint density at radius 2 is 2.12 bits per heavy atom. The molecule has 2 aromatic heterocycles. The van der Waals surface area contributed by atoms with E-state index in [0.29, 0.717) is 5.92 Å². The molecule has 3 aromatic rings. The maximum absolute atomic E-state index is 4.48. The lowest BCUT2D eigenvalue weighted by atomic mass is 9.99. The molecule has 0 amide bonds. The minimum atomic E-state index is 0.664. The van der Waals surface area contributed by atoms with Crippen LogP contribution < -0.4 is 5.32 Å². The number of nitrogens with zero attached hydrogens (tertiary/aromatic N) is 5. The number of nitrogens with one attached hydrogen (secondary N) is 1. The van der Waals surface area contributed by atoms with Gasteiger partial charge >= 0.3 is 0 Å². The van der Waals surface area contributed by atoms with Crippen molar-refractivity contribution in [1.82, 2.24) is 24.7 Å². The van der Waals surface area contributed by atoms with Crippen LogP contribution in [0.3, 0.4) is 0 Å². The summed E-state index contributed by atoms with van der Waals surface area (Å²) in [5, 5.41) is 16.1. The van der Waals surface area contributed by atoms with Gasteiger partial charge in [-0.05, 0) is 36.9 Å². The third-order valence-electron chi connectivity index (χ3n) is 4.97. The topological polar surface area (TPSA) is 58.3 Å². The second kappa shape index (κ2) is 7.19. The van der Waals surface area contributed by atoms with Crippen LogP contribution in [0, 0.1) is 0 Å². The van der Waals surface area contributed by atoms with Crippen LogP contribution in [0.25, 0.3) is 5.65 Å². The van der Waals surface area contributed by atoms with Crippen molar-refractivity contribution >= 4 is 11.3 Å². The summed E-state index contributed by atoms with van der Waals surface area (Å²) in [4.78, 5) is 2.54. The van der Waals surface area contributed by atoms with Gasteiger partial charge in [0.1, 0.15) is 6.33 Å².